The van der Waals surface area contributed by atoms with Crippen LogP contribution in [0.1, 0.15) is 28.4 Å². The maximum absolute atomic E-state index is 13.8. The molecular weight excluding hydrogens is 480 g/mol. The van der Waals surface area contributed by atoms with Gasteiger partial charge in [0.15, 0.2) is 34.7 Å². The molecule has 10 nitrogen and oxygen atoms in total. The van der Waals surface area contributed by atoms with E-state index in [2.05, 4.69) is 0 Å². The lowest BCUT2D eigenvalue weighted by atomic mass is 9.51. The summed E-state index contributed by atoms with van der Waals surface area (Å²) in [6.45, 7) is 0. The van der Waals surface area contributed by atoms with Gasteiger partial charge in [-0.15, -0.1) is 0 Å². The van der Waals surface area contributed by atoms with Crippen molar-refractivity contribution in [2.45, 2.75) is 24.2 Å². The first-order chi connectivity index (χ1) is 17.4. The molecule has 7 unspecified atom stereocenters. The van der Waals surface area contributed by atoms with Gasteiger partial charge in [-0.3, -0.25) is 28.9 Å². The predicted molar refractivity (Wildman–Crippen MR) is 128 cm³/mol. The summed E-state index contributed by atoms with van der Waals surface area (Å²) in [4.78, 5) is 67.5. The van der Waals surface area contributed by atoms with Crippen molar-refractivity contribution in [1.82, 2.24) is 4.90 Å². The quantitative estimate of drug-likeness (QED) is 0.418. The molecule has 192 valence electrons. The van der Waals surface area contributed by atoms with Gasteiger partial charge >= 0.3 is 0 Å². The van der Waals surface area contributed by atoms with Crippen LogP contribution in [-0.4, -0.2) is 75.0 Å². The Morgan fingerprint density at radius 3 is 2.27 bits per heavy atom. The Bertz CT molecular complexity index is 1370. The van der Waals surface area contributed by atoms with Crippen LogP contribution in [0.3, 0.4) is 0 Å². The predicted octanol–water partition coefficient (Wildman–Crippen LogP) is 0.0249. The zero-order valence-electron chi connectivity index (χ0n) is 20.1. The molecule has 2 saturated carbocycles. The number of nitrogens with zero attached hydrogens (tertiary/aromatic N) is 1. The van der Waals surface area contributed by atoms with Gasteiger partial charge in [-0.05, 0) is 37.7 Å². The van der Waals surface area contributed by atoms with Crippen molar-refractivity contribution >= 4 is 29.0 Å². The van der Waals surface area contributed by atoms with Gasteiger partial charge in [0.05, 0.1) is 23.6 Å². The summed E-state index contributed by atoms with van der Waals surface area (Å²) in [5.41, 5.74) is 3.49. The number of benzene rings is 2. The van der Waals surface area contributed by atoms with E-state index >= 15 is 0 Å². The second kappa shape index (κ2) is 8.41. The molecule has 0 heterocycles. The highest BCUT2D eigenvalue weighted by atomic mass is 16.3. The first kappa shape index (κ1) is 24.9. The fourth-order valence-corrected chi connectivity index (χ4v) is 6.52. The van der Waals surface area contributed by atoms with Crippen LogP contribution in [0.5, 0.6) is 5.75 Å². The van der Waals surface area contributed by atoms with Crippen LogP contribution >= 0.6 is 0 Å². The lowest BCUT2D eigenvalue weighted by Gasteiger charge is -2.53. The topological polar surface area (TPSA) is 175 Å². The van der Waals surface area contributed by atoms with E-state index in [1.54, 1.807) is 36.4 Å². The Hall–Kier alpha value is -3.73. The Morgan fingerprint density at radius 2 is 1.68 bits per heavy atom. The third kappa shape index (κ3) is 3.26. The third-order valence-electron chi connectivity index (χ3n) is 8.12. The number of amides is 1. The lowest BCUT2D eigenvalue weighted by Crippen LogP contribution is -2.74. The first-order valence-electron chi connectivity index (χ1n) is 11.9. The van der Waals surface area contributed by atoms with Crippen LogP contribution in [0, 0.1) is 23.7 Å². The molecule has 5 N–H and O–H groups in total. The minimum absolute atomic E-state index is 0.139. The number of Topliss-reactive ketones (excluding diaryl/α,β-unsaturated/α-hetero) is 4. The van der Waals surface area contributed by atoms with Gasteiger partial charge in [-0.2, -0.15) is 0 Å². The fraction of sp³-hybridized carbons (Fsp3) is 0.370. The van der Waals surface area contributed by atoms with Gasteiger partial charge in [0.1, 0.15) is 5.75 Å². The summed E-state index contributed by atoms with van der Waals surface area (Å²) in [6, 6.07) is 10.5. The molecule has 2 aromatic carbocycles. The van der Waals surface area contributed by atoms with E-state index in [4.69, 9.17) is 5.73 Å². The van der Waals surface area contributed by atoms with Crippen LogP contribution in [0.2, 0.25) is 0 Å². The number of hydrogen-bond acceptors (Lipinski definition) is 9. The second-order valence-electron chi connectivity index (χ2n) is 10.2. The Morgan fingerprint density at radius 1 is 1.03 bits per heavy atom. The standard InChI is InChI=1S/C27H26N2O8/c1-29(2)20-14-10-13-17(24(34)27(14,37)25(35)19(23(20)33)26(28)36)22(32)18-15(30)9-8-12(16(18)21(13)31)11-6-4-3-5-7-11/h3-9,13-14,17,19-21,30-31,37H,10H2,1-2H3,(H2,28,36). The molecule has 0 bridgehead atoms. The van der Waals surface area contributed by atoms with Crippen LogP contribution < -0.4 is 5.73 Å². The van der Waals surface area contributed by atoms with E-state index in [0.29, 0.717) is 11.1 Å². The molecule has 2 aromatic rings. The van der Waals surface area contributed by atoms with Crippen LogP contribution in [0.25, 0.3) is 11.1 Å². The largest absolute Gasteiger partial charge is 0.507 e. The summed E-state index contributed by atoms with van der Waals surface area (Å²) in [6.07, 6.45) is -1.68. The van der Waals surface area contributed by atoms with E-state index in [1.807, 2.05) is 0 Å². The van der Waals surface area contributed by atoms with Gasteiger partial charge in [0.25, 0.3) is 0 Å². The average molecular weight is 507 g/mol. The van der Waals surface area contributed by atoms with E-state index in [1.165, 1.54) is 25.1 Å². The molecule has 0 radical (unpaired) electrons. The second-order valence-corrected chi connectivity index (χ2v) is 10.2. The fourth-order valence-electron chi connectivity index (χ4n) is 6.52. The van der Waals surface area contributed by atoms with Gasteiger partial charge in [0.2, 0.25) is 5.91 Å². The smallest absolute Gasteiger partial charge is 0.235 e. The van der Waals surface area contributed by atoms with Crippen LogP contribution in [0.15, 0.2) is 42.5 Å². The summed E-state index contributed by atoms with van der Waals surface area (Å²) in [5, 5.41) is 33.8. The van der Waals surface area contributed by atoms with Crippen molar-refractivity contribution in [3.63, 3.8) is 0 Å². The number of aliphatic hydroxyl groups excluding tert-OH is 1. The molecule has 0 aromatic heterocycles. The number of aromatic hydroxyl groups is 1. The molecule has 1 amide bonds. The van der Waals surface area contributed by atoms with Gasteiger partial charge in [-0.1, -0.05) is 36.4 Å². The Labute approximate surface area is 211 Å². The molecular formula is C27H26N2O8. The minimum atomic E-state index is -2.84. The number of carbonyl (C=O) groups is 5. The zero-order chi connectivity index (χ0) is 27.0. The molecule has 0 saturated heterocycles. The highest BCUT2D eigenvalue weighted by Crippen LogP contribution is 2.55. The molecule has 5 rings (SSSR count). The Kier molecular flexibility index (Phi) is 5.67. The summed E-state index contributed by atoms with van der Waals surface area (Å²) in [5.74, 6) is -12.1. The van der Waals surface area contributed by atoms with Crippen molar-refractivity contribution in [2.75, 3.05) is 14.1 Å². The summed E-state index contributed by atoms with van der Waals surface area (Å²) >= 11 is 0. The highest BCUT2D eigenvalue weighted by molar-refractivity contribution is 6.32. The number of primary amides is 1. The van der Waals surface area contributed by atoms with Gasteiger partial charge < -0.3 is 21.1 Å². The van der Waals surface area contributed by atoms with Crippen molar-refractivity contribution in [3.05, 3.63) is 53.6 Å². The lowest BCUT2D eigenvalue weighted by molar-refractivity contribution is -0.184. The number of phenolic OH excluding ortho intramolecular Hbond substituents is 1. The Balaban J connectivity index is 1.71. The minimum Gasteiger partial charge on any atom is -0.507 e. The van der Waals surface area contributed by atoms with E-state index in [0.717, 1.165) is 0 Å². The van der Waals surface area contributed by atoms with Crippen molar-refractivity contribution in [3.8, 4) is 16.9 Å². The van der Waals surface area contributed by atoms with Crippen molar-refractivity contribution in [1.29, 1.82) is 0 Å². The zero-order valence-corrected chi connectivity index (χ0v) is 20.1. The molecule has 3 aliphatic rings. The van der Waals surface area contributed by atoms with Gasteiger partial charge in [0, 0.05) is 17.4 Å². The molecule has 3 aliphatic carbocycles. The monoisotopic (exact) mass is 506 g/mol. The molecule has 0 spiro atoms. The normalized spacial score (nSPS) is 33.1. The number of rotatable bonds is 3. The molecule has 2 fully saturated rings. The molecule has 37 heavy (non-hydrogen) atoms. The first-order valence-corrected chi connectivity index (χ1v) is 11.9. The van der Waals surface area contributed by atoms with Crippen LogP contribution in [-0.2, 0) is 19.2 Å². The number of carbonyl (C=O) groups excluding carboxylic acids is 5. The number of nitrogens with two attached hydrogens (primary N) is 1. The average Bonchev–Trinajstić information content (AvgIpc) is 2.84. The maximum Gasteiger partial charge on any atom is 0.235 e. The van der Waals surface area contributed by atoms with E-state index in [-0.39, 0.29) is 17.5 Å². The number of hydrogen-bond donors (Lipinski definition) is 4. The van der Waals surface area contributed by atoms with Crippen LogP contribution in [0.4, 0.5) is 0 Å². The number of likely N-dealkylation sites (N-methyl/N-ethyl adjacent to an activating group) is 1. The SMILES string of the molecule is CN(C)C1C(=O)C(C(N)=O)C(=O)C2(O)C(=O)C3C(=O)c4c(O)ccc(-c5ccccc5)c4C(O)C3CC12. The number of phenols is 1. The molecule has 7 atom stereocenters. The molecule has 10 heteroatoms. The summed E-state index contributed by atoms with van der Waals surface area (Å²) < 4.78 is 0. The number of aliphatic hydroxyl groups is 2. The molecule has 0 aliphatic heterocycles. The van der Waals surface area contributed by atoms with E-state index < -0.39 is 76.2 Å². The highest BCUT2D eigenvalue weighted by Gasteiger charge is 2.70. The van der Waals surface area contributed by atoms with Crippen molar-refractivity contribution in [2.24, 2.45) is 29.4 Å². The van der Waals surface area contributed by atoms with Gasteiger partial charge in [-0.25, -0.2) is 0 Å². The number of fused-ring (bicyclic) bond motifs is 3. The summed E-state index contributed by atoms with van der Waals surface area (Å²) in [7, 11) is 2.99. The third-order valence-corrected chi connectivity index (χ3v) is 8.12. The maximum atomic E-state index is 13.8. The van der Waals surface area contributed by atoms with E-state index in [9.17, 15) is 39.3 Å². The number of ketones is 4. The van der Waals surface area contributed by atoms with Crippen molar-refractivity contribution < 1.29 is 39.3 Å².